The van der Waals surface area contributed by atoms with E-state index in [1.54, 1.807) is 41.5 Å². The minimum absolute atomic E-state index is 0.383. The molecule has 0 unspecified atom stereocenters. The number of nitrogens with zero attached hydrogens (tertiary/aromatic N) is 1. The van der Waals surface area contributed by atoms with E-state index in [0.29, 0.717) is 0 Å². The highest BCUT2D eigenvalue weighted by atomic mass is 19.1. The topological polar surface area (TPSA) is 117 Å². The highest BCUT2D eigenvalue weighted by Crippen LogP contribution is 2.43. The van der Waals surface area contributed by atoms with Crippen LogP contribution in [-0.2, 0) is 23.8 Å². The van der Waals surface area contributed by atoms with E-state index in [1.807, 2.05) is 4.98 Å². The third kappa shape index (κ3) is 4.97. The molecule has 0 bridgehead atoms. The molecule has 1 saturated heterocycles. The van der Waals surface area contributed by atoms with Crippen molar-refractivity contribution in [2.45, 2.75) is 72.6 Å². The Morgan fingerprint density at radius 2 is 1.73 bits per heavy atom. The summed E-state index contributed by atoms with van der Waals surface area (Å²) in [5.74, 6) is -1.22. The van der Waals surface area contributed by atoms with Crippen LogP contribution >= 0.6 is 0 Å². The molecule has 1 fully saturated rings. The lowest BCUT2D eigenvalue weighted by molar-refractivity contribution is -0.171. The van der Waals surface area contributed by atoms with E-state index in [2.05, 4.69) is 0 Å². The van der Waals surface area contributed by atoms with E-state index in [0.717, 1.165) is 23.8 Å². The van der Waals surface area contributed by atoms with Crippen molar-refractivity contribution in [1.29, 1.82) is 0 Å². The van der Waals surface area contributed by atoms with Crippen LogP contribution < -0.4 is 11.2 Å². The monoisotopic (exact) mass is 428 g/mol. The Balaban J connectivity index is 2.39. The van der Waals surface area contributed by atoms with Crippen molar-refractivity contribution in [3.05, 3.63) is 33.1 Å². The van der Waals surface area contributed by atoms with Crippen LogP contribution in [0.2, 0.25) is 0 Å². The number of nitrogens with one attached hydrogen (secondary N) is 1. The maximum Gasteiger partial charge on any atom is 0.330 e. The van der Waals surface area contributed by atoms with Crippen LogP contribution in [0.3, 0.4) is 0 Å². The smallest absolute Gasteiger partial charge is 0.330 e. The Hall–Kier alpha value is -2.49. The lowest BCUT2D eigenvalue weighted by atomic mass is 9.94. The van der Waals surface area contributed by atoms with Gasteiger partial charge in [0.2, 0.25) is 0 Å². The van der Waals surface area contributed by atoms with Crippen molar-refractivity contribution in [2.75, 3.05) is 6.61 Å². The fourth-order valence-electron chi connectivity index (χ4n) is 2.81. The molecule has 1 aliphatic heterocycles. The zero-order valence-corrected chi connectivity index (χ0v) is 18.3. The van der Waals surface area contributed by atoms with E-state index in [4.69, 9.17) is 14.2 Å². The highest BCUT2D eigenvalue weighted by Gasteiger charge is 2.59. The third-order valence-corrected chi connectivity index (χ3v) is 4.62. The SMILES string of the molecule is CC(C)(C)C(=O)OC[C@H]1O[C@@H](n2ccc(=O)[nH]c2=O)[C@](C)(F)[C@@H]1OC(=O)C(C)(C)C. The predicted molar refractivity (Wildman–Crippen MR) is 104 cm³/mol. The molecule has 168 valence electrons. The van der Waals surface area contributed by atoms with Crippen molar-refractivity contribution < 1.29 is 28.2 Å². The van der Waals surface area contributed by atoms with Crippen LogP contribution in [0.5, 0.6) is 0 Å². The zero-order valence-electron chi connectivity index (χ0n) is 18.3. The van der Waals surface area contributed by atoms with Crippen molar-refractivity contribution >= 4 is 11.9 Å². The van der Waals surface area contributed by atoms with Gasteiger partial charge in [-0.05, 0) is 48.5 Å². The van der Waals surface area contributed by atoms with Crippen LogP contribution in [0.4, 0.5) is 4.39 Å². The number of halogens is 1. The molecule has 0 saturated carbocycles. The molecule has 30 heavy (non-hydrogen) atoms. The molecule has 2 heterocycles. The molecule has 0 aromatic carbocycles. The Labute approximate surface area is 173 Å². The average Bonchev–Trinajstić information content (AvgIpc) is 2.82. The molecule has 2 rings (SSSR count). The molecule has 0 amide bonds. The van der Waals surface area contributed by atoms with Crippen molar-refractivity contribution in [3.63, 3.8) is 0 Å². The Morgan fingerprint density at radius 3 is 2.23 bits per heavy atom. The van der Waals surface area contributed by atoms with E-state index in [9.17, 15) is 19.2 Å². The van der Waals surface area contributed by atoms with E-state index in [-0.39, 0.29) is 6.61 Å². The van der Waals surface area contributed by atoms with Crippen LogP contribution in [0.15, 0.2) is 21.9 Å². The Morgan fingerprint density at radius 1 is 1.17 bits per heavy atom. The first-order valence-electron chi connectivity index (χ1n) is 9.59. The Kier molecular flexibility index (Phi) is 6.32. The first-order valence-corrected chi connectivity index (χ1v) is 9.59. The maximum atomic E-state index is 15.9. The van der Waals surface area contributed by atoms with E-state index in [1.165, 1.54) is 0 Å². The zero-order chi connectivity index (χ0) is 23.1. The lowest BCUT2D eigenvalue weighted by Crippen LogP contribution is -2.47. The van der Waals surface area contributed by atoms with Gasteiger partial charge in [0.1, 0.15) is 12.7 Å². The molecule has 1 aliphatic rings. The molecule has 4 atom stereocenters. The molecule has 0 radical (unpaired) electrons. The molecule has 1 aromatic heterocycles. The average molecular weight is 428 g/mol. The number of H-pyrrole nitrogens is 1. The molecule has 0 spiro atoms. The van der Waals surface area contributed by atoms with Gasteiger partial charge in [0.15, 0.2) is 18.0 Å². The second-order valence-corrected chi connectivity index (χ2v) is 9.62. The number of hydrogen-bond donors (Lipinski definition) is 1. The first-order chi connectivity index (χ1) is 13.5. The summed E-state index contributed by atoms with van der Waals surface area (Å²) < 4.78 is 33.1. The molecule has 10 heteroatoms. The number of hydrogen-bond acceptors (Lipinski definition) is 7. The van der Waals surface area contributed by atoms with Gasteiger partial charge in [-0.2, -0.15) is 0 Å². The maximum absolute atomic E-state index is 15.9. The van der Waals surface area contributed by atoms with Gasteiger partial charge in [0.05, 0.1) is 10.8 Å². The van der Waals surface area contributed by atoms with Crippen LogP contribution in [0, 0.1) is 10.8 Å². The lowest BCUT2D eigenvalue weighted by Gasteiger charge is -2.30. The Bertz CT molecular complexity index is 921. The summed E-state index contributed by atoms with van der Waals surface area (Å²) in [5.41, 5.74) is -5.62. The molecule has 1 aromatic rings. The molecule has 9 nitrogen and oxygen atoms in total. The molecular weight excluding hydrogens is 399 g/mol. The molecule has 0 aliphatic carbocycles. The predicted octanol–water partition coefficient (Wildman–Crippen LogP) is 1.71. The van der Waals surface area contributed by atoms with Crippen LogP contribution in [-0.4, -0.2) is 46.0 Å². The number of carbonyl (C=O) groups is 2. The van der Waals surface area contributed by atoms with Gasteiger partial charge in [-0.1, -0.05) is 0 Å². The van der Waals surface area contributed by atoms with Gasteiger partial charge in [0.25, 0.3) is 5.56 Å². The molecule has 1 N–H and O–H groups in total. The number of aromatic amines is 1. The number of esters is 2. The highest BCUT2D eigenvalue weighted by molar-refractivity contribution is 5.76. The quantitative estimate of drug-likeness (QED) is 0.726. The number of ether oxygens (including phenoxy) is 3. The molecular formula is C20H29FN2O7. The van der Waals surface area contributed by atoms with E-state index < -0.39 is 58.1 Å². The third-order valence-electron chi connectivity index (χ3n) is 4.62. The largest absolute Gasteiger partial charge is 0.462 e. The van der Waals surface area contributed by atoms with Gasteiger partial charge >= 0.3 is 17.6 Å². The summed E-state index contributed by atoms with van der Waals surface area (Å²) in [7, 11) is 0. The van der Waals surface area contributed by atoms with Crippen molar-refractivity contribution in [2.24, 2.45) is 10.8 Å². The number of aromatic nitrogens is 2. The van der Waals surface area contributed by atoms with Crippen molar-refractivity contribution in [3.8, 4) is 0 Å². The van der Waals surface area contributed by atoms with Crippen molar-refractivity contribution in [1.82, 2.24) is 9.55 Å². The fraction of sp³-hybridized carbons (Fsp3) is 0.700. The van der Waals surface area contributed by atoms with Gasteiger partial charge in [-0.25, -0.2) is 9.18 Å². The van der Waals surface area contributed by atoms with Gasteiger partial charge < -0.3 is 14.2 Å². The summed E-state index contributed by atoms with van der Waals surface area (Å²) >= 11 is 0. The second-order valence-electron chi connectivity index (χ2n) is 9.62. The van der Waals surface area contributed by atoms with Gasteiger partial charge in [-0.3, -0.25) is 23.9 Å². The normalized spacial score (nSPS) is 27.0. The summed E-state index contributed by atoms with van der Waals surface area (Å²) in [4.78, 5) is 50.1. The van der Waals surface area contributed by atoms with Gasteiger partial charge in [0, 0.05) is 12.3 Å². The summed E-state index contributed by atoms with van der Waals surface area (Å²) in [6.45, 7) is 10.5. The summed E-state index contributed by atoms with van der Waals surface area (Å²) in [5, 5.41) is 0. The summed E-state index contributed by atoms with van der Waals surface area (Å²) in [6.07, 6.45) is -3.05. The standard InChI is InChI=1S/C20H29FN2O7/c1-18(2,3)15(25)28-10-11-13(30-16(26)19(4,5)6)20(7,21)14(29-11)23-9-8-12(24)22-17(23)27/h8-9,11,13-14H,10H2,1-7H3,(H,22,24,27)/t11-,13-,14-,20-/m1/s1. The number of carbonyl (C=O) groups excluding carboxylic acids is 2. The van der Waals surface area contributed by atoms with E-state index >= 15 is 4.39 Å². The van der Waals surface area contributed by atoms with Crippen LogP contribution in [0.1, 0.15) is 54.7 Å². The minimum atomic E-state index is -2.36. The van der Waals surface area contributed by atoms with Gasteiger partial charge in [-0.15, -0.1) is 0 Å². The van der Waals surface area contributed by atoms with Crippen LogP contribution in [0.25, 0.3) is 0 Å². The fourth-order valence-corrected chi connectivity index (χ4v) is 2.81. The number of rotatable bonds is 4. The first kappa shape index (κ1) is 23.8. The second kappa shape index (κ2) is 7.98. The summed E-state index contributed by atoms with van der Waals surface area (Å²) in [6, 6.07) is 1.05. The minimum Gasteiger partial charge on any atom is -0.462 e. The number of alkyl halides is 1.